The van der Waals surface area contributed by atoms with Crippen molar-refractivity contribution in [3.05, 3.63) is 59.9 Å². The Hall–Kier alpha value is -2.55. The summed E-state index contributed by atoms with van der Waals surface area (Å²) in [6, 6.07) is 7.21. The second-order valence-corrected chi connectivity index (χ2v) is 6.83. The van der Waals surface area contributed by atoms with Gasteiger partial charge in [0.2, 0.25) is 15.9 Å². The van der Waals surface area contributed by atoms with Crippen molar-refractivity contribution < 1.29 is 26.4 Å². The van der Waals surface area contributed by atoms with Gasteiger partial charge in [0, 0.05) is 6.07 Å². The van der Waals surface area contributed by atoms with Gasteiger partial charge in [0.15, 0.2) is 0 Å². The molecule has 2 rings (SSSR count). The SMILES string of the molecule is CS(=O)(=O)N(CC(=O)Nc1ccc(F)cc1F)c1cccc(F)c1. The summed E-state index contributed by atoms with van der Waals surface area (Å²) in [5.41, 5.74) is -0.346. The second kappa shape index (κ2) is 6.91. The molecule has 0 aliphatic heterocycles. The monoisotopic (exact) mass is 358 g/mol. The number of halogens is 3. The molecule has 0 atom stereocenters. The Kier molecular flexibility index (Phi) is 5.13. The number of hydrogen-bond acceptors (Lipinski definition) is 3. The molecule has 0 bridgehead atoms. The van der Waals surface area contributed by atoms with E-state index in [9.17, 15) is 26.4 Å². The van der Waals surface area contributed by atoms with Gasteiger partial charge in [0.25, 0.3) is 0 Å². The fraction of sp³-hybridized carbons (Fsp3) is 0.133. The van der Waals surface area contributed by atoms with Crippen LogP contribution in [0.15, 0.2) is 42.5 Å². The van der Waals surface area contributed by atoms with Crippen LogP contribution in [0.1, 0.15) is 0 Å². The summed E-state index contributed by atoms with van der Waals surface area (Å²) in [6.07, 6.45) is 0.851. The van der Waals surface area contributed by atoms with Crippen LogP contribution in [0.25, 0.3) is 0 Å². The smallest absolute Gasteiger partial charge is 0.245 e. The summed E-state index contributed by atoms with van der Waals surface area (Å²) in [5.74, 6) is -3.36. The lowest BCUT2D eigenvalue weighted by Crippen LogP contribution is -2.37. The zero-order chi connectivity index (χ0) is 17.9. The zero-order valence-corrected chi connectivity index (χ0v) is 13.3. The van der Waals surface area contributed by atoms with Crippen molar-refractivity contribution >= 4 is 27.3 Å². The minimum absolute atomic E-state index is 0.0489. The number of benzene rings is 2. The van der Waals surface area contributed by atoms with E-state index in [-0.39, 0.29) is 11.4 Å². The van der Waals surface area contributed by atoms with Crippen LogP contribution in [0.4, 0.5) is 24.5 Å². The molecular formula is C15H13F3N2O3S. The largest absolute Gasteiger partial charge is 0.322 e. The molecule has 2 aromatic carbocycles. The molecule has 24 heavy (non-hydrogen) atoms. The Morgan fingerprint density at radius 2 is 1.75 bits per heavy atom. The minimum atomic E-state index is -3.89. The van der Waals surface area contributed by atoms with E-state index in [1.54, 1.807) is 0 Å². The highest BCUT2D eigenvalue weighted by molar-refractivity contribution is 7.92. The second-order valence-electron chi connectivity index (χ2n) is 4.92. The summed E-state index contributed by atoms with van der Waals surface area (Å²) in [6.45, 7) is -0.695. The summed E-state index contributed by atoms with van der Waals surface area (Å²) >= 11 is 0. The maximum atomic E-state index is 13.5. The van der Waals surface area contributed by atoms with E-state index in [1.165, 1.54) is 12.1 Å². The number of anilines is 2. The van der Waals surface area contributed by atoms with E-state index in [4.69, 9.17) is 0 Å². The zero-order valence-electron chi connectivity index (χ0n) is 12.5. The third-order valence-electron chi connectivity index (χ3n) is 2.99. The third kappa shape index (κ3) is 4.48. The van der Waals surface area contributed by atoms with Crippen LogP contribution >= 0.6 is 0 Å². The standard InChI is InChI=1S/C15H13F3N2O3S/c1-24(22,23)20(12-4-2-3-10(16)7-12)9-15(21)19-14-6-5-11(17)8-13(14)18/h2-8H,9H2,1H3,(H,19,21). The van der Waals surface area contributed by atoms with Crippen LogP contribution in [0.3, 0.4) is 0 Å². The van der Waals surface area contributed by atoms with Gasteiger partial charge < -0.3 is 5.32 Å². The molecule has 5 nitrogen and oxygen atoms in total. The van der Waals surface area contributed by atoms with Gasteiger partial charge in [-0.25, -0.2) is 21.6 Å². The van der Waals surface area contributed by atoms with Crippen molar-refractivity contribution in [2.45, 2.75) is 0 Å². The fourth-order valence-electron chi connectivity index (χ4n) is 1.94. The van der Waals surface area contributed by atoms with Gasteiger partial charge in [0.05, 0.1) is 17.6 Å². The maximum absolute atomic E-state index is 13.5. The van der Waals surface area contributed by atoms with Gasteiger partial charge >= 0.3 is 0 Å². The lowest BCUT2D eigenvalue weighted by Gasteiger charge is -2.22. The molecular weight excluding hydrogens is 345 g/mol. The summed E-state index contributed by atoms with van der Waals surface area (Å²) in [5, 5.41) is 2.14. The molecule has 0 spiro atoms. The lowest BCUT2D eigenvalue weighted by molar-refractivity contribution is -0.114. The number of rotatable bonds is 5. The normalized spacial score (nSPS) is 11.2. The van der Waals surface area contributed by atoms with Crippen LogP contribution in [0.2, 0.25) is 0 Å². The van der Waals surface area contributed by atoms with Gasteiger partial charge in [-0.15, -0.1) is 0 Å². The molecule has 0 unspecified atom stereocenters. The van der Waals surface area contributed by atoms with Gasteiger partial charge in [0.1, 0.15) is 24.0 Å². The maximum Gasteiger partial charge on any atom is 0.245 e. The Balaban J connectivity index is 2.22. The quantitative estimate of drug-likeness (QED) is 0.893. The van der Waals surface area contributed by atoms with Gasteiger partial charge in [-0.3, -0.25) is 9.10 Å². The van der Waals surface area contributed by atoms with Crippen LogP contribution in [0, 0.1) is 17.5 Å². The van der Waals surface area contributed by atoms with Crippen molar-refractivity contribution in [1.29, 1.82) is 0 Å². The molecule has 2 aromatic rings. The van der Waals surface area contributed by atoms with E-state index >= 15 is 0 Å². The van der Waals surface area contributed by atoms with Crippen molar-refractivity contribution in [3.8, 4) is 0 Å². The van der Waals surface area contributed by atoms with E-state index in [0.29, 0.717) is 10.4 Å². The van der Waals surface area contributed by atoms with Crippen molar-refractivity contribution in [2.75, 3.05) is 22.4 Å². The Labute approximate surface area is 136 Å². The molecule has 0 aliphatic carbocycles. The van der Waals surface area contributed by atoms with Gasteiger partial charge in [-0.2, -0.15) is 0 Å². The third-order valence-corrected chi connectivity index (χ3v) is 4.13. The first-order valence-electron chi connectivity index (χ1n) is 6.65. The van der Waals surface area contributed by atoms with Crippen molar-refractivity contribution in [1.82, 2.24) is 0 Å². The fourth-order valence-corrected chi connectivity index (χ4v) is 2.79. The predicted octanol–water partition coefficient (Wildman–Crippen LogP) is 2.51. The average molecular weight is 358 g/mol. The number of sulfonamides is 1. The highest BCUT2D eigenvalue weighted by atomic mass is 32.2. The Morgan fingerprint density at radius 1 is 1.08 bits per heavy atom. The number of hydrogen-bond donors (Lipinski definition) is 1. The molecule has 0 fully saturated rings. The number of amides is 1. The highest BCUT2D eigenvalue weighted by Gasteiger charge is 2.21. The average Bonchev–Trinajstić information content (AvgIpc) is 2.46. The summed E-state index contributed by atoms with van der Waals surface area (Å²) in [4.78, 5) is 12.0. The Bertz CT molecular complexity index is 872. The molecule has 0 saturated heterocycles. The Morgan fingerprint density at radius 3 is 2.33 bits per heavy atom. The highest BCUT2D eigenvalue weighted by Crippen LogP contribution is 2.19. The van der Waals surface area contributed by atoms with Crippen molar-refractivity contribution in [3.63, 3.8) is 0 Å². The first kappa shape index (κ1) is 17.8. The number of nitrogens with one attached hydrogen (secondary N) is 1. The van der Waals surface area contributed by atoms with Crippen LogP contribution in [0.5, 0.6) is 0 Å². The van der Waals surface area contributed by atoms with E-state index < -0.39 is 39.9 Å². The van der Waals surface area contributed by atoms with Gasteiger partial charge in [-0.1, -0.05) is 6.07 Å². The first-order chi connectivity index (χ1) is 11.2. The topological polar surface area (TPSA) is 66.5 Å². The van der Waals surface area contributed by atoms with Crippen molar-refractivity contribution in [2.24, 2.45) is 0 Å². The molecule has 0 aromatic heterocycles. The predicted molar refractivity (Wildman–Crippen MR) is 83.6 cm³/mol. The molecule has 128 valence electrons. The molecule has 1 N–H and O–H groups in total. The molecule has 9 heteroatoms. The van der Waals surface area contributed by atoms with Crippen LogP contribution in [-0.2, 0) is 14.8 Å². The molecule has 0 heterocycles. The lowest BCUT2D eigenvalue weighted by atomic mass is 10.3. The molecule has 0 radical (unpaired) electrons. The minimum Gasteiger partial charge on any atom is -0.322 e. The van der Waals surface area contributed by atoms with Crippen LogP contribution < -0.4 is 9.62 Å². The van der Waals surface area contributed by atoms with E-state index in [2.05, 4.69) is 5.32 Å². The molecule has 0 saturated carbocycles. The van der Waals surface area contributed by atoms with E-state index in [0.717, 1.165) is 30.5 Å². The molecule has 0 aliphatic rings. The summed E-state index contributed by atoms with van der Waals surface area (Å²) < 4.78 is 64.0. The number of carbonyl (C=O) groups excluding carboxylic acids is 1. The first-order valence-corrected chi connectivity index (χ1v) is 8.50. The number of carbonyl (C=O) groups is 1. The molecule has 1 amide bonds. The van der Waals surface area contributed by atoms with Gasteiger partial charge in [-0.05, 0) is 30.3 Å². The number of nitrogens with zero attached hydrogens (tertiary/aromatic N) is 1. The van der Waals surface area contributed by atoms with E-state index in [1.807, 2.05) is 0 Å². The summed E-state index contributed by atoms with van der Waals surface area (Å²) in [7, 11) is -3.89. The van der Waals surface area contributed by atoms with Crippen LogP contribution in [-0.4, -0.2) is 27.1 Å².